The zero-order valence-corrected chi connectivity index (χ0v) is 10.8. The van der Waals surface area contributed by atoms with Crippen molar-refractivity contribution < 1.29 is 0 Å². The van der Waals surface area contributed by atoms with Gasteiger partial charge in [0, 0.05) is 12.6 Å². The van der Waals surface area contributed by atoms with Crippen molar-refractivity contribution in [2.24, 2.45) is 5.92 Å². The third kappa shape index (κ3) is 3.33. The Kier molecular flexibility index (Phi) is 3.98. The molecule has 0 bridgehead atoms. The summed E-state index contributed by atoms with van der Waals surface area (Å²) < 4.78 is 0.728. The molecule has 1 aliphatic carbocycles. The van der Waals surface area contributed by atoms with Gasteiger partial charge in [-0.2, -0.15) is 4.98 Å². The minimum absolute atomic E-state index is 0.494. The molecule has 1 heterocycles. The van der Waals surface area contributed by atoms with Crippen LogP contribution in [0.15, 0.2) is 10.7 Å². The van der Waals surface area contributed by atoms with Crippen LogP contribution in [0.25, 0.3) is 0 Å². The number of anilines is 2. The standard InChI is InChI=1S/C11H17BrN4/c12-9-6-10(13)16-11(15-9)14-7-8-4-2-1-3-5-8/h6,8H,1-5,7H2,(H3,13,14,15,16). The van der Waals surface area contributed by atoms with E-state index in [1.165, 1.54) is 32.1 Å². The summed E-state index contributed by atoms with van der Waals surface area (Å²) in [6.45, 7) is 0.954. The summed E-state index contributed by atoms with van der Waals surface area (Å²) in [4.78, 5) is 8.38. The van der Waals surface area contributed by atoms with Gasteiger partial charge in [0.05, 0.1) is 0 Å². The van der Waals surface area contributed by atoms with E-state index in [0.29, 0.717) is 11.8 Å². The van der Waals surface area contributed by atoms with Crippen molar-refractivity contribution in [1.82, 2.24) is 9.97 Å². The van der Waals surface area contributed by atoms with Crippen LogP contribution in [0.3, 0.4) is 0 Å². The molecule has 1 saturated carbocycles. The van der Waals surface area contributed by atoms with Gasteiger partial charge in [0.1, 0.15) is 10.4 Å². The molecule has 0 aliphatic heterocycles. The summed E-state index contributed by atoms with van der Waals surface area (Å²) >= 11 is 3.31. The molecule has 16 heavy (non-hydrogen) atoms. The Bertz CT molecular complexity index is 330. The monoisotopic (exact) mass is 284 g/mol. The Balaban J connectivity index is 1.88. The van der Waals surface area contributed by atoms with Crippen molar-refractivity contribution in [3.63, 3.8) is 0 Å². The highest BCUT2D eigenvalue weighted by atomic mass is 79.9. The van der Waals surface area contributed by atoms with Gasteiger partial charge in [-0.1, -0.05) is 19.3 Å². The van der Waals surface area contributed by atoms with Crippen LogP contribution in [0, 0.1) is 5.92 Å². The Labute approximate surface area is 104 Å². The molecule has 1 aliphatic rings. The second kappa shape index (κ2) is 5.48. The van der Waals surface area contributed by atoms with E-state index >= 15 is 0 Å². The van der Waals surface area contributed by atoms with Crippen molar-refractivity contribution in [2.45, 2.75) is 32.1 Å². The summed E-state index contributed by atoms with van der Waals surface area (Å²) in [5, 5.41) is 3.26. The molecule has 0 unspecified atom stereocenters. The fraction of sp³-hybridized carbons (Fsp3) is 0.636. The van der Waals surface area contributed by atoms with Gasteiger partial charge in [0.15, 0.2) is 0 Å². The number of nitrogens with one attached hydrogen (secondary N) is 1. The van der Waals surface area contributed by atoms with E-state index in [9.17, 15) is 0 Å². The lowest BCUT2D eigenvalue weighted by molar-refractivity contribution is 0.373. The van der Waals surface area contributed by atoms with Crippen LogP contribution < -0.4 is 11.1 Å². The van der Waals surface area contributed by atoms with E-state index in [-0.39, 0.29) is 0 Å². The van der Waals surface area contributed by atoms with E-state index in [1.54, 1.807) is 6.07 Å². The van der Waals surface area contributed by atoms with Crippen LogP contribution in [-0.2, 0) is 0 Å². The first-order valence-electron chi connectivity index (χ1n) is 5.78. The lowest BCUT2D eigenvalue weighted by atomic mass is 9.89. The average molecular weight is 285 g/mol. The van der Waals surface area contributed by atoms with Crippen LogP contribution in [0.1, 0.15) is 32.1 Å². The summed E-state index contributed by atoms with van der Waals surface area (Å²) in [7, 11) is 0. The first-order valence-corrected chi connectivity index (χ1v) is 6.57. The normalized spacial score (nSPS) is 17.3. The lowest BCUT2D eigenvalue weighted by Crippen LogP contribution is -2.18. The van der Waals surface area contributed by atoms with Crippen LogP contribution in [-0.4, -0.2) is 16.5 Å². The molecule has 4 nitrogen and oxygen atoms in total. The van der Waals surface area contributed by atoms with Crippen molar-refractivity contribution in [3.8, 4) is 0 Å². The molecular weight excluding hydrogens is 268 g/mol. The van der Waals surface area contributed by atoms with Gasteiger partial charge in [0.2, 0.25) is 5.95 Å². The zero-order valence-electron chi connectivity index (χ0n) is 9.25. The van der Waals surface area contributed by atoms with E-state index in [1.807, 2.05) is 0 Å². The maximum Gasteiger partial charge on any atom is 0.225 e. The molecular formula is C11H17BrN4. The highest BCUT2D eigenvalue weighted by Crippen LogP contribution is 2.23. The van der Waals surface area contributed by atoms with Crippen molar-refractivity contribution in [2.75, 3.05) is 17.6 Å². The number of hydrogen-bond donors (Lipinski definition) is 2. The number of rotatable bonds is 3. The Hall–Kier alpha value is -0.840. The van der Waals surface area contributed by atoms with Gasteiger partial charge < -0.3 is 11.1 Å². The van der Waals surface area contributed by atoms with Gasteiger partial charge in [-0.3, -0.25) is 0 Å². The van der Waals surface area contributed by atoms with Crippen LogP contribution in [0.2, 0.25) is 0 Å². The topological polar surface area (TPSA) is 63.8 Å². The molecule has 0 aromatic carbocycles. The number of aromatic nitrogens is 2. The number of halogens is 1. The van der Waals surface area contributed by atoms with Gasteiger partial charge in [-0.05, 0) is 34.7 Å². The predicted molar refractivity (Wildman–Crippen MR) is 69.2 cm³/mol. The third-order valence-corrected chi connectivity index (χ3v) is 3.39. The molecule has 1 fully saturated rings. The Morgan fingerprint density at radius 1 is 1.31 bits per heavy atom. The second-order valence-corrected chi connectivity index (χ2v) is 5.14. The maximum absolute atomic E-state index is 5.65. The molecule has 5 heteroatoms. The van der Waals surface area contributed by atoms with Gasteiger partial charge in [-0.25, -0.2) is 4.98 Å². The number of nitrogens with two attached hydrogens (primary N) is 1. The number of nitrogens with zero attached hydrogens (tertiary/aromatic N) is 2. The zero-order chi connectivity index (χ0) is 11.4. The summed E-state index contributed by atoms with van der Waals surface area (Å²) in [5.74, 6) is 1.88. The minimum Gasteiger partial charge on any atom is -0.383 e. The third-order valence-electron chi connectivity index (χ3n) is 2.99. The Morgan fingerprint density at radius 3 is 2.75 bits per heavy atom. The van der Waals surface area contributed by atoms with E-state index in [0.717, 1.165) is 17.1 Å². The first kappa shape index (κ1) is 11.6. The molecule has 88 valence electrons. The number of hydrogen-bond acceptors (Lipinski definition) is 4. The predicted octanol–water partition coefficient (Wildman–Crippen LogP) is 2.81. The lowest BCUT2D eigenvalue weighted by Gasteiger charge is -2.21. The summed E-state index contributed by atoms with van der Waals surface area (Å²) in [5.41, 5.74) is 5.65. The fourth-order valence-corrected chi connectivity index (χ4v) is 2.54. The summed E-state index contributed by atoms with van der Waals surface area (Å²) in [6, 6.07) is 1.70. The second-order valence-electron chi connectivity index (χ2n) is 4.32. The van der Waals surface area contributed by atoms with Gasteiger partial charge in [0.25, 0.3) is 0 Å². The van der Waals surface area contributed by atoms with Gasteiger partial charge in [-0.15, -0.1) is 0 Å². The Morgan fingerprint density at radius 2 is 2.06 bits per heavy atom. The first-order chi connectivity index (χ1) is 7.74. The molecule has 0 spiro atoms. The average Bonchev–Trinajstić information content (AvgIpc) is 2.27. The number of nitrogen functional groups attached to an aromatic ring is 1. The van der Waals surface area contributed by atoms with Crippen molar-refractivity contribution in [3.05, 3.63) is 10.7 Å². The molecule has 3 N–H and O–H groups in total. The smallest absolute Gasteiger partial charge is 0.225 e. The quantitative estimate of drug-likeness (QED) is 0.838. The van der Waals surface area contributed by atoms with Crippen LogP contribution in [0.5, 0.6) is 0 Å². The van der Waals surface area contributed by atoms with Crippen molar-refractivity contribution in [1.29, 1.82) is 0 Å². The van der Waals surface area contributed by atoms with E-state index < -0.39 is 0 Å². The highest BCUT2D eigenvalue weighted by Gasteiger charge is 2.13. The molecule has 1 aromatic rings. The molecule has 1 aromatic heterocycles. The molecule has 2 rings (SSSR count). The summed E-state index contributed by atoms with van der Waals surface area (Å²) in [6.07, 6.45) is 6.73. The molecule has 0 amide bonds. The molecule has 0 saturated heterocycles. The van der Waals surface area contributed by atoms with Crippen LogP contribution in [0.4, 0.5) is 11.8 Å². The maximum atomic E-state index is 5.65. The van der Waals surface area contributed by atoms with E-state index in [2.05, 4.69) is 31.2 Å². The van der Waals surface area contributed by atoms with Gasteiger partial charge >= 0.3 is 0 Å². The molecule has 0 radical (unpaired) electrons. The highest BCUT2D eigenvalue weighted by molar-refractivity contribution is 9.10. The SMILES string of the molecule is Nc1cc(Br)nc(NCC2CCCCC2)n1. The fourth-order valence-electron chi connectivity index (χ4n) is 2.14. The van der Waals surface area contributed by atoms with E-state index in [4.69, 9.17) is 5.73 Å². The minimum atomic E-state index is 0.494. The van der Waals surface area contributed by atoms with Crippen molar-refractivity contribution >= 4 is 27.7 Å². The van der Waals surface area contributed by atoms with Crippen LogP contribution >= 0.6 is 15.9 Å². The largest absolute Gasteiger partial charge is 0.383 e. The molecule has 0 atom stereocenters.